The van der Waals surface area contributed by atoms with Crippen molar-refractivity contribution in [3.63, 3.8) is 0 Å². The van der Waals surface area contributed by atoms with E-state index in [9.17, 15) is 17.9 Å². The second-order valence-electron chi connectivity index (χ2n) is 5.26. The van der Waals surface area contributed by atoms with Gasteiger partial charge in [-0.1, -0.05) is 30.3 Å². The molecule has 5 nitrogen and oxygen atoms in total. The van der Waals surface area contributed by atoms with Crippen LogP contribution in [-0.4, -0.2) is 27.2 Å². The lowest BCUT2D eigenvalue weighted by Crippen LogP contribution is -2.38. The number of sulfonamides is 1. The maximum Gasteiger partial charge on any atom is 0.244 e. The van der Waals surface area contributed by atoms with Crippen LogP contribution in [0.1, 0.15) is 12.5 Å². The molecule has 124 valence electrons. The zero-order chi connectivity index (χ0) is 17.1. The second kappa shape index (κ2) is 6.66. The maximum absolute atomic E-state index is 13.4. The van der Waals surface area contributed by atoms with Gasteiger partial charge < -0.3 is 9.84 Å². The van der Waals surface area contributed by atoms with Crippen LogP contribution in [0.2, 0.25) is 0 Å². The third-order valence-corrected chi connectivity index (χ3v) is 4.84. The molecule has 0 spiro atoms. The molecule has 1 atom stereocenters. The average Bonchev–Trinajstić information content (AvgIpc) is 2.54. The number of rotatable bonds is 6. The van der Waals surface area contributed by atoms with E-state index in [-0.39, 0.29) is 17.2 Å². The Morgan fingerprint density at radius 3 is 2.48 bits per heavy atom. The maximum atomic E-state index is 13.4. The van der Waals surface area contributed by atoms with Gasteiger partial charge in [-0.25, -0.2) is 17.5 Å². The highest BCUT2D eigenvalue weighted by Crippen LogP contribution is 2.25. The third kappa shape index (κ3) is 4.07. The topological polar surface area (TPSA) is 75.6 Å². The van der Waals surface area contributed by atoms with Crippen molar-refractivity contribution in [2.45, 2.75) is 17.4 Å². The highest BCUT2D eigenvalue weighted by atomic mass is 32.2. The zero-order valence-electron chi connectivity index (χ0n) is 12.8. The van der Waals surface area contributed by atoms with Gasteiger partial charge in [0.05, 0.1) is 7.11 Å². The van der Waals surface area contributed by atoms with Crippen molar-refractivity contribution >= 4 is 10.0 Å². The van der Waals surface area contributed by atoms with Gasteiger partial charge in [0.15, 0.2) is 0 Å². The Labute approximate surface area is 134 Å². The van der Waals surface area contributed by atoms with Gasteiger partial charge in [0.2, 0.25) is 10.0 Å². The van der Waals surface area contributed by atoms with Crippen LogP contribution in [0.25, 0.3) is 0 Å². The van der Waals surface area contributed by atoms with E-state index in [0.29, 0.717) is 5.56 Å². The quantitative estimate of drug-likeness (QED) is 0.844. The molecule has 0 heterocycles. The molecule has 0 saturated heterocycles. The summed E-state index contributed by atoms with van der Waals surface area (Å²) in [7, 11) is -2.74. The van der Waals surface area contributed by atoms with E-state index in [0.717, 1.165) is 12.1 Å². The summed E-state index contributed by atoms with van der Waals surface area (Å²) in [5, 5.41) is 10.4. The number of nitrogens with one attached hydrogen (secondary N) is 1. The molecular weight excluding hydrogens is 321 g/mol. The van der Waals surface area contributed by atoms with Crippen molar-refractivity contribution in [3.05, 3.63) is 59.9 Å². The minimum atomic E-state index is -4.04. The molecule has 0 bridgehead atoms. The number of hydrogen-bond acceptors (Lipinski definition) is 4. The summed E-state index contributed by atoms with van der Waals surface area (Å²) < 4.78 is 45.3. The van der Waals surface area contributed by atoms with Crippen molar-refractivity contribution in [1.82, 2.24) is 4.72 Å². The first kappa shape index (κ1) is 17.4. The van der Waals surface area contributed by atoms with Crippen molar-refractivity contribution < 1.29 is 22.7 Å². The van der Waals surface area contributed by atoms with E-state index in [2.05, 4.69) is 4.72 Å². The minimum Gasteiger partial charge on any atom is -0.495 e. The van der Waals surface area contributed by atoms with Crippen LogP contribution in [0, 0.1) is 5.82 Å². The SMILES string of the molecule is COc1ccc(F)cc1S(=O)(=O)NCC(C)(O)c1ccccc1. The molecule has 0 aromatic heterocycles. The van der Waals surface area contributed by atoms with Gasteiger partial charge in [-0.15, -0.1) is 0 Å². The van der Waals surface area contributed by atoms with Gasteiger partial charge in [-0.3, -0.25) is 0 Å². The van der Waals surface area contributed by atoms with Crippen molar-refractivity contribution in [1.29, 1.82) is 0 Å². The van der Waals surface area contributed by atoms with E-state index in [1.807, 2.05) is 0 Å². The lowest BCUT2D eigenvalue weighted by molar-refractivity contribution is 0.0627. The van der Waals surface area contributed by atoms with Gasteiger partial charge >= 0.3 is 0 Å². The molecule has 2 aromatic rings. The predicted molar refractivity (Wildman–Crippen MR) is 84.2 cm³/mol. The summed E-state index contributed by atoms with van der Waals surface area (Å²) in [5.74, 6) is -0.667. The molecule has 0 fully saturated rings. The summed E-state index contributed by atoms with van der Waals surface area (Å²) in [5.41, 5.74) is -0.844. The molecular formula is C16H18FNO4S. The van der Waals surface area contributed by atoms with Crippen LogP contribution in [0.5, 0.6) is 5.75 Å². The van der Waals surface area contributed by atoms with Crippen LogP contribution >= 0.6 is 0 Å². The molecule has 0 radical (unpaired) electrons. The van der Waals surface area contributed by atoms with E-state index in [4.69, 9.17) is 4.74 Å². The molecule has 2 N–H and O–H groups in total. The van der Waals surface area contributed by atoms with Gasteiger partial charge in [-0.2, -0.15) is 0 Å². The Morgan fingerprint density at radius 2 is 1.87 bits per heavy atom. The number of hydrogen-bond donors (Lipinski definition) is 2. The monoisotopic (exact) mass is 339 g/mol. The fraction of sp³-hybridized carbons (Fsp3) is 0.250. The molecule has 0 saturated carbocycles. The number of ether oxygens (including phenoxy) is 1. The van der Waals surface area contributed by atoms with Crippen molar-refractivity contribution in [3.8, 4) is 5.75 Å². The van der Waals surface area contributed by atoms with Crippen LogP contribution in [0.4, 0.5) is 4.39 Å². The molecule has 1 unspecified atom stereocenters. The Morgan fingerprint density at radius 1 is 1.22 bits per heavy atom. The molecule has 0 aliphatic heterocycles. The number of benzene rings is 2. The molecule has 2 rings (SSSR count). The highest BCUT2D eigenvalue weighted by Gasteiger charge is 2.27. The van der Waals surface area contributed by atoms with Crippen LogP contribution in [0.15, 0.2) is 53.4 Å². The summed E-state index contributed by atoms with van der Waals surface area (Å²) in [6.07, 6.45) is 0. The Hall–Kier alpha value is -1.96. The van der Waals surface area contributed by atoms with E-state index in [1.54, 1.807) is 30.3 Å². The van der Waals surface area contributed by atoms with Gasteiger partial charge in [0.1, 0.15) is 22.1 Å². The van der Waals surface area contributed by atoms with Gasteiger partial charge in [0, 0.05) is 6.54 Å². The summed E-state index contributed by atoms with van der Waals surface area (Å²) >= 11 is 0. The minimum absolute atomic E-state index is 0.0262. The summed E-state index contributed by atoms with van der Waals surface area (Å²) in [6, 6.07) is 11.9. The van der Waals surface area contributed by atoms with Crippen LogP contribution in [-0.2, 0) is 15.6 Å². The smallest absolute Gasteiger partial charge is 0.244 e. The lowest BCUT2D eigenvalue weighted by atomic mass is 9.97. The molecule has 0 aliphatic carbocycles. The van der Waals surface area contributed by atoms with Gasteiger partial charge in [-0.05, 0) is 30.7 Å². The zero-order valence-corrected chi connectivity index (χ0v) is 13.6. The lowest BCUT2D eigenvalue weighted by Gasteiger charge is -2.24. The normalized spacial score (nSPS) is 14.3. The summed E-state index contributed by atoms with van der Waals surface area (Å²) in [4.78, 5) is -0.316. The van der Waals surface area contributed by atoms with E-state index in [1.165, 1.54) is 20.1 Å². The Balaban J connectivity index is 2.24. The van der Waals surface area contributed by atoms with E-state index < -0.39 is 21.4 Å². The molecule has 0 amide bonds. The molecule has 23 heavy (non-hydrogen) atoms. The Kier molecular flexibility index (Phi) is 5.03. The first-order valence-electron chi connectivity index (χ1n) is 6.87. The summed E-state index contributed by atoms with van der Waals surface area (Å²) in [6.45, 7) is 1.23. The number of methoxy groups -OCH3 is 1. The highest BCUT2D eigenvalue weighted by molar-refractivity contribution is 7.89. The number of aliphatic hydroxyl groups is 1. The van der Waals surface area contributed by atoms with Gasteiger partial charge in [0.25, 0.3) is 0 Å². The fourth-order valence-electron chi connectivity index (χ4n) is 2.07. The number of halogens is 1. The predicted octanol–water partition coefficient (Wildman–Crippen LogP) is 2.02. The second-order valence-corrected chi connectivity index (χ2v) is 6.99. The Bertz CT molecular complexity index is 776. The first-order valence-corrected chi connectivity index (χ1v) is 8.36. The molecule has 7 heteroatoms. The first-order chi connectivity index (χ1) is 10.8. The third-order valence-electron chi connectivity index (χ3n) is 3.42. The molecule has 2 aromatic carbocycles. The van der Waals surface area contributed by atoms with Crippen LogP contribution in [0.3, 0.4) is 0 Å². The van der Waals surface area contributed by atoms with Crippen LogP contribution < -0.4 is 9.46 Å². The van der Waals surface area contributed by atoms with E-state index >= 15 is 0 Å². The molecule has 0 aliphatic rings. The standard InChI is InChI=1S/C16H18FNO4S/c1-16(19,12-6-4-3-5-7-12)11-18-23(20,21)15-10-13(17)8-9-14(15)22-2/h3-10,18-19H,11H2,1-2H3. The largest absolute Gasteiger partial charge is 0.495 e. The fourth-order valence-corrected chi connectivity index (χ4v) is 3.38. The van der Waals surface area contributed by atoms with Crippen molar-refractivity contribution in [2.75, 3.05) is 13.7 Å². The average molecular weight is 339 g/mol. The van der Waals surface area contributed by atoms with Crippen molar-refractivity contribution in [2.24, 2.45) is 0 Å².